The molecule has 1 amide bonds. The molecule has 0 aromatic heterocycles. The van der Waals surface area contributed by atoms with Crippen LogP contribution in [0.25, 0.3) is 0 Å². The van der Waals surface area contributed by atoms with Gasteiger partial charge in [0.25, 0.3) is 0 Å². The predicted molar refractivity (Wildman–Crippen MR) is 76.0 cm³/mol. The van der Waals surface area contributed by atoms with E-state index >= 15 is 0 Å². The number of halogens is 1. The number of hydrogen-bond donors (Lipinski definition) is 2. The lowest BCUT2D eigenvalue weighted by atomic mass is 10.0. The van der Waals surface area contributed by atoms with E-state index in [1.165, 1.54) is 0 Å². The minimum Gasteiger partial charge on any atom is -0.349 e. The lowest BCUT2D eigenvalue weighted by Gasteiger charge is -2.20. The molecule has 2 rings (SSSR count). The second-order valence-corrected chi connectivity index (χ2v) is 5.81. The average molecular weight is 311 g/mol. The first kappa shape index (κ1) is 13.6. The second kappa shape index (κ2) is 5.85. The molecule has 0 spiro atoms. The summed E-state index contributed by atoms with van der Waals surface area (Å²) in [6.45, 7) is 2.00. The fourth-order valence-electron chi connectivity index (χ4n) is 2.54. The van der Waals surface area contributed by atoms with Gasteiger partial charge in [0.15, 0.2) is 0 Å². The van der Waals surface area contributed by atoms with Crippen molar-refractivity contribution in [2.45, 2.75) is 38.3 Å². The Bertz CT molecular complexity index is 436. The maximum Gasteiger partial charge on any atom is 0.225 e. The Balaban J connectivity index is 2.01. The van der Waals surface area contributed by atoms with Gasteiger partial charge in [-0.1, -0.05) is 40.5 Å². The summed E-state index contributed by atoms with van der Waals surface area (Å²) in [7, 11) is 0. The maximum atomic E-state index is 12.1. The monoisotopic (exact) mass is 310 g/mol. The van der Waals surface area contributed by atoms with Gasteiger partial charge >= 0.3 is 0 Å². The highest BCUT2D eigenvalue weighted by Gasteiger charge is 2.30. The Labute approximate surface area is 116 Å². The van der Waals surface area contributed by atoms with E-state index in [0.29, 0.717) is 0 Å². The fraction of sp³-hybridized carbons (Fsp3) is 0.500. The van der Waals surface area contributed by atoms with E-state index in [-0.39, 0.29) is 23.9 Å². The van der Waals surface area contributed by atoms with Gasteiger partial charge in [-0.3, -0.25) is 4.79 Å². The number of carbonyl (C=O) groups excluding carboxylic acids is 1. The number of nitrogens with two attached hydrogens (primary N) is 1. The average Bonchev–Trinajstić information content (AvgIpc) is 2.76. The molecule has 3 nitrogen and oxygen atoms in total. The molecular weight excluding hydrogens is 292 g/mol. The van der Waals surface area contributed by atoms with Crippen LogP contribution in [0.15, 0.2) is 28.7 Å². The van der Waals surface area contributed by atoms with Gasteiger partial charge in [-0.15, -0.1) is 0 Å². The molecule has 2 unspecified atom stereocenters. The van der Waals surface area contributed by atoms with E-state index in [0.717, 1.165) is 29.3 Å². The predicted octanol–water partition coefficient (Wildman–Crippen LogP) is 2.75. The summed E-state index contributed by atoms with van der Waals surface area (Å²) in [6.07, 6.45) is 2.93. The highest BCUT2D eigenvalue weighted by molar-refractivity contribution is 9.10. The minimum atomic E-state index is -0.0186. The molecule has 1 fully saturated rings. The van der Waals surface area contributed by atoms with Gasteiger partial charge in [-0.2, -0.15) is 0 Å². The zero-order valence-corrected chi connectivity index (χ0v) is 12.1. The highest BCUT2D eigenvalue weighted by Crippen LogP contribution is 2.27. The molecule has 1 saturated carbocycles. The number of hydrogen-bond acceptors (Lipinski definition) is 2. The molecule has 3 N–H and O–H groups in total. The quantitative estimate of drug-likeness (QED) is 0.902. The number of amides is 1. The Kier molecular flexibility index (Phi) is 4.40. The van der Waals surface area contributed by atoms with Gasteiger partial charge in [0, 0.05) is 10.5 Å². The van der Waals surface area contributed by atoms with Crippen molar-refractivity contribution >= 4 is 21.8 Å². The van der Waals surface area contributed by atoms with Crippen molar-refractivity contribution in [1.82, 2.24) is 5.32 Å². The number of carbonyl (C=O) groups is 1. The molecule has 0 saturated heterocycles. The lowest BCUT2D eigenvalue weighted by Crippen LogP contribution is -2.39. The summed E-state index contributed by atoms with van der Waals surface area (Å²) >= 11 is 3.51. The van der Waals surface area contributed by atoms with Gasteiger partial charge in [-0.25, -0.2) is 0 Å². The van der Waals surface area contributed by atoms with Crippen LogP contribution in [-0.2, 0) is 4.79 Å². The van der Waals surface area contributed by atoms with Crippen LogP contribution in [0.2, 0.25) is 0 Å². The van der Waals surface area contributed by atoms with Crippen LogP contribution in [0.3, 0.4) is 0 Å². The van der Waals surface area contributed by atoms with E-state index < -0.39 is 0 Å². The molecule has 1 aromatic carbocycles. The van der Waals surface area contributed by atoms with E-state index in [1.807, 2.05) is 31.2 Å². The zero-order chi connectivity index (χ0) is 13.1. The van der Waals surface area contributed by atoms with Crippen LogP contribution in [-0.4, -0.2) is 11.9 Å². The molecule has 3 atom stereocenters. The van der Waals surface area contributed by atoms with Crippen molar-refractivity contribution in [3.8, 4) is 0 Å². The van der Waals surface area contributed by atoms with Crippen molar-refractivity contribution < 1.29 is 4.79 Å². The Morgan fingerprint density at radius 1 is 1.44 bits per heavy atom. The molecule has 0 heterocycles. The Morgan fingerprint density at radius 3 is 2.78 bits per heavy atom. The molecule has 1 aromatic rings. The van der Waals surface area contributed by atoms with Gasteiger partial charge in [-0.05, 0) is 31.4 Å². The third-order valence-electron chi connectivity index (χ3n) is 3.64. The largest absolute Gasteiger partial charge is 0.349 e. The molecule has 1 aliphatic carbocycles. The number of rotatable bonds is 3. The molecule has 0 aliphatic heterocycles. The molecule has 18 heavy (non-hydrogen) atoms. The van der Waals surface area contributed by atoms with Gasteiger partial charge in [0.05, 0.1) is 12.0 Å². The maximum absolute atomic E-state index is 12.1. The summed E-state index contributed by atoms with van der Waals surface area (Å²) < 4.78 is 1.02. The lowest BCUT2D eigenvalue weighted by molar-refractivity contribution is -0.125. The molecule has 4 heteroatoms. The topological polar surface area (TPSA) is 55.1 Å². The van der Waals surface area contributed by atoms with E-state index in [2.05, 4.69) is 21.2 Å². The van der Waals surface area contributed by atoms with Crippen molar-refractivity contribution in [2.75, 3.05) is 0 Å². The standard InChI is InChI=1S/C14H19BrN2O/c1-9(10-5-2-3-7-12(10)15)17-14(18)11-6-4-8-13(11)16/h2-3,5,7,9,11,13H,4,6,8,16H2,1H3,(H,17,18)/t9-,11?,13?/m0/s1. The van der Waals surface area contributed by atoms with Crippen LogP contribution < -0.4 is 11.1 Å². The highest BCUT2D eigenvalue weighted by atomic mass is 79.9. The van der Waals surface area contributed by atoms with Gasteiger partial charge < -0.3 is 11.1 Å². The normalized spacial score (nSPS) is 24.8. The van der Waals surface area contributed by atoms with Crippen molar-refractivity contribution in [1.29, 1.82) is 0 Å². The van der Waals surface area contributed by atoms with E-state index in [4.69, 9.17) is 5.73 Å². The van der Waals surface area contributed by atoms with Crippen LogP contribution in [0.4, 0.5) is 0 Å². The minimum absolute atomic E-state index is 0.000810. The van der Waals surface area contributed by atoms with Crippen LogP contribution in [0.1, 0.15) is 37.8 Å². The number of nitrogens with one attached hydrogen (secondary N) is 1. The van der Waals surface area contributed by atoms with Gasteiger partial charge in [0.1, 0.15) is 0 Å². The Morgan fingerprint density at radius 2 is 2.17 bits per heavy atom. The number of benzene rings is 1. The third kappa shape index (κ3) is 2.93. The molecule has 0 radical (unpaired) electrons. The molecule has 1 aliphatic rings. The van der Waals surface area contributed by atoms with Crippen LogP contribution >= 0.6 is 15.9 Å². The summed E-state index contributed by atoms with van der Waals surface area (Å²) in [5.74, 6) is 0.0678. The van der Waals surface area contributed by atoms with E-state index in [1.54, 1.807) is 0 Å². The van der Waals surface area contributed by atoms with Crippen LogP contribution in [0, 0.1) is 5.92 Å². The first-order chi connectivity index (χ1) is 8.59. The first-order valence-corrected chi connectivity index (χ1v) is 7.19. The molecule has 0 bridgehead atoms. The van der Waals surface area contributed by atoms with Crippen molar-refractivity contribution in [3.05, 3.63) is 34.3 Å². The Hall–Kier alpha value is -0.870. The summed E-state index contributed by atoms with van der Waals surface area (Å²) in [5, 5.41) is 3.06. The van der Waals surface area contributed by atoms with Crippen molar-refractivity contribution in [3.63, 3.8) is 0 Å². The molecular formula is C14H19BrN2O. The SMILES string of the molecule is C[C@H](NC(=O)C1CCCC1N)c1ccccc1Br. The summed E-state index contributed by atoms with van der Waals surface area (Å²) in [6, 6.07) is 7.97. The van der Waals surface area contributed by atoms with E-state index in [9.17, 15) is 4.79 Å². The summed E-state index contributed by atoms with van der Waals surface area (Å²) in [4.78, 5) is 12.1. The molecule has 98 valence electrons. The first-order valence-electron chi connectivity index (χ1n) is 6.40. The summed E-state index contributed by atoms with van der Waals surface area (Å²) in [5.41, 5.74) is 7.05. The van der Waals surface area contributed by atoms with Crippen LogP contribution in [0.5, 0.6) is 0 Å². The second-order valence-electron chi connectivity index (χ2n) is 4.95. The smallest absolute Gasteiger partial charge is 0.225 e. The van der Waals surface area contributed by atoms with Crippen molar-refractivity contribution in [2.24, 2.45) is 11.7 Å². The fourth-order valence-corrected chi connectivity index (χ4v) is 3.17. The zero-order valence-electron chi connectivity index (χ0n) is 10.5. The third-order valence-corrected chi connectivity index (χ3v) is 4.36. The van der Waals surface area contributed by atoms with Gasteiger partial charge in [0.2, 0.25) is 5.91 Å².